The lowest BCUT2D eigenvalue weighted by Gasteiger charge is -2.42. The van der Waals surface area contributed by atoms with Crippen molar-refractivity contribution in [1.82, 2.24) is 4.57 Å². The molecule has 0 unspecified atom stereocenters. The van der Waals surface area contributed by atoms with Gasteiger partial charge in [0.15, 0.2) is 0 Å². The van der Waals surface area contributed by atoms with Crippen LogP contribution in [0.25, 0.3) is 82.5 Å². The monoisotopic (exact) mass is 648 g/mol. The topological polar surface area (TPSA) is 21.3 Å². The van der Waals surface area contributed by atoms with Gasteiger partial charge in [0.1, 0.15) is 11.3 Å². The van der Waals surface area contributed by atoms with E-state index in [9.17, 15) is 0 Å². The Morgan fingerprint density at radius 1 is 0.569 bits per heavy atom. The highest BCUT2D eigenvalue weighted by Gasteiger charge is 2.45. The Bertz CT molecular complexity index is 3100. The molecule has 0 bridgehead atoms. The molecule has 12 rings (SSSR count). The molecule has 2 aromatic heterocycles. The first kappa shape index (κ1) is 27.3. The number of fused-ring (bicyclic) bond motifs is 14. The lowest BCUT2D eigenvalue weighted by Crippen LogP contribution is -2.60. The molecule has 0 saturated carbocycles. The molecule has 236 valence electrons. The second kappa shape index (κ2) is 9.80. The van der Waals surface area contributed by atoms with E-state index in [4.69, 9.17) is 4.42 Å². The minimum absolute atomic E-state index is 0.0857. The smallest absolute Gasteiger partial charge is 0.333 e. The third-order valence-electron chi connectivity index (χ3n) is 11.4. The van der Waals surface area contributed by atoms with Crippen molar-refractivity contribution < 1.29 is 4.42 Å². The number of para-hydroxylation sites is 1. The van der Waals surface area contributed by atoms with Crippen molar-refractivity contribution >= 4 is 83.5 Å². The molecule has 0 saturated heterocycles. The van der Waals surface area contributed by atoms with Crippen LogP contribution < -0.4 is 15.7 Å². The molecule has 0 spiro atoms. The summed E-state index contributed by atoms with van der Waals surface area (Å²) in [7, 11) is 0. The van der Waals surface area contributed by atoms with Crippen LogP contribution in [0, 0.1) is 6.92 Å². The summed E-state index contributed by atoms with van der Waals surface area (Å²) < 4.78 is 9.29. The molecular formula is C47H29BN2O. The summed E-state index contributed by atoms with van der Waals surface area (Å²) in [4.78, 5) is 2.58. The second-order valence-corrected chi connectivity index (χ2v) is 14.1. The van der Waals surface area contributed by atoms with Crippen LogP contribution in [0.5, 0.6) is 0 Å². The predicted molar refractivity (Wildman–Crippen MR) is 215 cm³/mol. The maximum absolute atomic E-state index is 6.72. The Morgan fingerprint density at radius 3 is 2.18 bits per heavy atom. The lowest BCUT2D eigenvalue weighted by atomic mass is 9.43. The van der Waals surface area contributed by atoms with Crippen molar-refractivity contribution in [2.75, 3.05) is 4.81 Å². The zero-order valence-corrected chi connectivity index (χ0v) is 27.9. The molecule has 0 N–H and O–H groups in total. The van der Waals surface area contributed by atoms with Crippen molar-refractivity contribution in [3.8, 4) is 28.1 Å². The SMILES string of the molecule is Cc1ccc(N2B3c4cc5oc(-c6ccccc6)cc5cc4-n4c5ccc6ccccc6c5c5c6ccccc6c(c3c54)-c3ccccc32)cc1. The van der Waals surface area contributed by atoms with Crippen LogP contribution in [0.3, 0.4) is 0 Å². The quantitative estimate of drug-likeness (QED) is 0.174. The van der Waals surface area contributed by atoms with Crippen LogP contribution in [0.15, 0.2) is 162 Å². The molecule has 0 atom stereocenters. The van der Waals surface area contributed by atoms with Crippen molar-refractivity contribution in [3.63, 3.8) is 0 Å². The number of nitrogens with zero attached hydrogens (tertiary/aromatic N) is 2. The molecule has 0 amide bonds. The average Bonchev–Trinajstić information content (AvgIpc) is 3.77. The molecule has 2 aliphatic heterocycles. The minimum atomic E-state index is -0.0857. The summed E-state index contributed by atoms with van der Waals surface area (Å²) in [5, 5.41) is 8.87. The van der Waals surface area contributed by atoms with Gasteiger partial charge >= 0.3 is 6.85 Å². The van der Waals surface area contributed by atoms with E-state index >= 15 is 0 Å². The highest BCUT2D eigenvalue weighted by Crippen LogP contribution is 2.49. The van der Waals surface area contributed by atoms with Gasteiger partial charge in [-0.25, -0.2) is 0 Å². The van der Waals surface area contributed by atoms with Gasteiger partial charge in [-0.3, -0.25) is 0 Å². The molecule has 51 heavy (non-hydrogen) atoms. The molecule has 0 fully saturated rings. The first-order chi connectivity index (χ1) is 25.2. The molecule has 2 aliphatic rings. The van der Waals surface area contributed by atoms with Gasteiger partial charge in [0.05, 0.1) is 11.0 Å². The van der Waals surface area contributed by atoms with E-state index in [1.165, 1.54) is 88.0 Å². The van der Waals surface area contributed by atoms with E-state index in [2.05, 4.69) is 174 Å². The van der Waals surface area contributed by atoms with E-state index in [1.807, 2.05) is 0 Å². The number of benzene rings is 8. The largest absolute Gasteiger partial charge is 0.456 e. The molecule has 8 aromatic carbocycles. The average molecular weight is 649 g/mol. The summed E-state index contributed by atoms with van der Waals surface area (Å²) in [6.45, 7) is 2.08. The van der Waals surface area contributed by atoms with Gasteiger partial charge in [0.2, 0.25) is 0 Å². The van der Waals surface area contributed by atoms with Crippen LogP contribution in [-0.2, 0) is 0 Å². The zero-order valence-electron chi connectivity index (χ0n) is 27.9. The maximum atomic E-state index is 6.72. The molecular weight excluding hydrogens is 619 g/mol. The fraction of sp³-hybridized carbons (Fsp3) is 0.0213. The molecule has 4 heteroatoms. The van der Waals surface area contributed by atoms with Gasteiger partial charge in [-0.15, -0.1) is 0 Å². The van der Waals surface area contributed by atoms with E-state index in [-0.39, 0.29) is 6.85 Å². The first-order valence-corrected chi connectivity index (χ1v) is 17.7. The van der Waals surface area contributed by atoms with Crippen LogP contribution >= 0.6 is 0 Å². The minimum Gasteiger partial charge on any atom is -0.456 e. The van der Waals surface area contributed by atoms with E-state index in [1.54, 1.807) is 0 Å². The van der Waals surface area contributed by atoms with Gasteiger partial charge < -0.3 is 13.8 Å². The number of rotatable bonds is 2. The summed E-state index contributed by atoms with van der Waals surface area (Å²) in [5.74, 6) is 0.884. The Balaban J connectivity index is 1.32. The van der Waals surface area contributed by atoms with Crippen molar-refractivity contribution in [2.45, 2.75) is 6.92 Å². The third-order valence-corrected chi connectivity index (χ3v) is 11.4. The Hall–Kier alpha value is -6.52. The number of aromatic nitrogens is 1. The van der Waals surface area contributed by atoms with Crippen LogP contribution in [0.2, 0.25) is 0 Å². The normalized spacial score (nSPS) is 13.1. The summed E-state index contributed by atoms with van der Waals surface area (Å²) >= 11 is 0. The molecule has 10 aromatic rings. The number of anilines is 2. The van der Waals surface area contributed by atoms with E-state index in [0.717, 1.165) is 22.3 Å². The number of hydrogen-bond donors (Lipinski definition) is 0. The second-order valence-electron chi connectivity index (χ2n) is 14.1. The van der Waals surface area contributed by atoms with E-state index < -0.39 is 0 Å². The Labute approximate surface area is 294 Å². The van der Waals surface area contributed by atoms with Gasteiger partial charge in [0.25, 0.3) is 0 Å². The first-order valence-electron chi connectivity index (χ1n) is 17.7. The van der Waals surface area contributed by atoms with Crippen LogP contribution in [0.1, 0.15) is 5.56 Å². The zero-order chi connectivity index (χ0) is 33.4. The van der Waals surface area contributed by atoms with Crippen molar-refractivity contribution in [2.24, 2.45) is 0 Å². The molecule has 0 radical (unpaired) electrons. The summed E-state index contributed by atoms with van der Waals surface area (Å²) in [5.41, 5.74) is 14.5. The summed E-state index contributed by atoms with van der Waals surface area (Å²) in [6.07, 6.45) is 0. The van der Waals surface area contributed by atoms with Crippen LogP contribution in [0.4, 0.5) is 11.4 Å². The Kier molecular flexibility index (Phi) is 5.25. The number of aryl methyl sites for hydroxylation is 1. The van der Waals surface area contributed by atoms with Crippen LogP contribution in [-0.4, -0.2) is 11.4 Å². The Morgan fingerprint density at radius 2 is 1.31 bits per heavy atom. The standard InChI is InChI=1S/C47H29BN2O/c1-28-19-22-32(23-20-28)50-38-18-10-9-17-36(38)43-34-15-7-8-16-35(34)45-44-33-14-6-5-11-29(33)21-24-39(44)49-40-25-31-26-41(30-12-3-2-4-13-30)51-42(31)27-37(40)48(50)46(43)47(45)49/h2-27H,1H3. The molecule has 4 heterocycles. The van der Waals surface area contributed by atoms with Crippen molar-refractivity contribution in [3.05, 3.63) is 163 Å². The van der Waals surface area contributed by atoms with E-state index in [0.29, 0.717) is 0 Å². The fourth-order valence-electron chi connectivity index (χ4n) is 9.27. The number of furan rings is 1. The van der Waals surface area contributed by atoms with Gasteiger partial charge in [0, 0.05) is 44.3 Å². The predicted octanol–water partition coefficient (Wildman–Crippen LogP) is 11.0. The van der Waals surface area contributed by atoms with Gasteiger partial charge in [-0.2, -0.15) is 0 Å². The van der Waals surface area contributed by atoms with Crippen molar-refractivity contribution in [1.29, 1.82) is 0 Å². The highest BCUT2D eigenvalue weighted by atomic mass is 16.3. The van der Waals surface area contributed by atoms with Gasteiger partial charge in [-0.05, 0) is 87.4 Å². The third kappa shape index (κ3) is 3.54. The lowest BCUT2D eigenvalue weighted by molar-refractivity contribution is 0.632. The number of hydrogen-bond acceptors (Lipinski definition) is 2. The highest BCUT2D eigenvalue weighted by molar-refractivity contribution is 6.94. The van der Waals surface area contributed by atoms with Gasteiger partial charge in [-0.1, -0.05) is 121 Å². The molecule has 0 aliphatic carbocycles. The fourth-order valence-corrected chi connectivity index (χ4v) is 9.27. The summed E-state index contributed by atoms with van der Waals surface area (Å²) in [6, 6.07) is 57.9. The molecule has 3 nitrogen and oxygen atoms in total. The maximum Gasteiger partial charge on any atom is 0.333 e.